The molecule has 4 aromatic heterocycles. The molecule has 0 aliphatic carbocycles. The average molecular weight is 1090 g/mol. The van der Waals surface area contributed by atoms with E-state index < -0.39 is 13.3 Å². The summed E-state index contributed by atoms with van der Waals surface area (Å²) in [6.45, 7) is 15.7. The molecule has 65 heavy (non-hydrogen) atoms. The van der Waals surface area contributed by atoms with Crippen LogP contribution in [0.2, 0.25) is 17.3 Å². The average Bonchev–Trinajstić information content (AvgIpc) is 3.86. The summed E-state index contributed by atoms with van der Waals surface area (Å²) in [5, 5.41) is 4.52. The standard InChI is InChI=1S/C41H34N3O.C17H22GeN.Ir/c1-24(2)34-22-30(29-19-18-27-11-6-7-12-28(27)21-29)23-35(25(3)4)38(34)44-37-16-9-8-15-36(37)43-40(44)33-14-10-13-31-32-20-17-26(5)42-41(32)45-39(31)33;1-13(2)15-11-17(14-9-7-6-8-10-14)19-12-16(15)18(3,4)5;/h6-13,15-25H,1-5H3;6-9,11-13H,1-5H3;/q2*-1;. The van der Waals surface area contributed by atoms with Crippen molar-refractivity contribution >= 4 is 61.5 Å². The van der Waals surface area contributed by atoms with Crippen LogP contribution < -0.4 is 4.40 Å². The Morgan fingerprint density at radius 3 is 2.00 bits per heavy atom. The number of hydrogen-bond donors (Lipinski definition) is 0. The summed E-state index contributed by atoms with van der Waals surface area (Å²) in [4.78, 5) is 14.6. The van der Waals surface area contributed by atoms with Crippen LogP contribution in [0.1, 0.15) is 81.7 Å². The SMILES string of the molecule is CC(C)c1cc(-c2[c-]cccc2)nc[c]1[Ge]([CH3])([CH3])[CH3].Cc1ccc2c(n1)oc1c(-c3nc4ccccc4n3-c3c(C(C)C)cc(-c4ccc5ccccc5c4)cc3C(C)C)[c-]ccc12.[Ir]. The van der Waals surface area contributed by atoms with Gasteiger partial charge >= 0.3 is 119 Å². The number of para-hydroxylation sites is 2. The number of nitrogens with zero attached hydrogens (tertiary/aromatic N) is 4. The van der Waals surface area contributed by atoms with Gasteiger partial charge in [0.05, 0.1) is 22.4 Å². The number of aryl methyl sites for hydroxylation is 1. The van der Waals surface area contributed by atoms with Gasteiger partial charge < -0.3 is 8.98 Å². The van der Waals surface area contributed by atoms with E-state index in [-0.39, 0.29) is 31.9 Å². The van der Waals surface area contributed by atoms with Crippen LogP contribution in [0.5, 0.6) is 0 Å². The maximum atomic E-state index is 6.48. The van der Waals surface area contributed by atoms with Crippen LogP contribution in [0.3, 0.4) is 0 Å². The Morgan fingerprint density at radius 1 is 0.615 bits per heavy atom. The smallest absolute Gasteiger partial charge is 0.216 e. The molecule has 0 saturated heterocycles. The van der Waals surface area contributed by atoms with Crippen LogP contribution in [0, 0.1) is 19.1 Å². The largest absolute Gasteiger partial charge is 0.486 e. The molecule has 0 unspecified atom stereocenters. The second-order valence-corrected chi connectivity index (χ2v) is 29.5. The predicted molar refractivity (Wildman–Crippen MR) is 272 cm³/mol. The molecule has 0 fully saturated rings. The summed E-state index contributed by atoms with van der Waals surface area (Å²) < 4.78 is 10.3. The first-order valence-electron chi connectivity index (χ1n) is 22.6. The van der Waals surface area contributed by atoms with Gasteiger partial charge in [0.25, 0.3) is 0 Å². The number of pyridine rings is 2. The zero-order valence-corrected chi connectivity index (χ0v) is 43.5. The summed E-state index contributed by atoms with van der Waals surface area (Å²) in [5.74, 6) is 9.19. The van der Waals surface area contributed by atoms with Crippen molar-refractivity contribution in [1.29, 1.82) is 0 Å². The molecule has 10 aromatic rings. The molecule has 0 N–H and O–H groups in total. The number of furan rings is 1. The van der Waals surface area contributed by atoms with Crippen LogP contribution in [0.15, 0.2) is 144 Å². The Bertz CT molecular complexity index is 3290. The van der Waals surface area contributed by atoms with E-state index in [0.29, 0.717) is 11.6 Å². The summed E-state index contributed by atoms with van der Waals surface area (Å²) in [6, 6.07) is 53.8. The molecule has 0 saturated carbocycles. The van der Waals surface area contributed by atoms with E-state index in [0.717, 1.165) is 55.7 Å². The van der Waals surface area contributed by atoms with Crippen molar-refractivity contribution in [3.05, 3.63) is 174 Å². The predicted octanol–water partition coefficient (Wildman–Crippen LogP) is 15.4. The molecule has 0 atom stereocenters. The van der Waals surface area contributed by atoms with Gasteiger partial charge in [-0.2, -0.15) is 0 Å². The van der Waals surface area contributed by atoms with Crippen molar-refractivity contribution in [2.24, 2.45) is 0 Å². The van der Waals surface area contributed by atoms with Gasteiger partial charge in [-0.3, -0.25) is 4.98 Å². The number of hydrogen-bond acceptors (Lipinski definition) is 4. The molecular weight excluding hydrogens is 1030 g/mol. The third-order valence-electron chi connectivity index (χ3n) is 12.3. The van der Waals surface area contributed by atoms with E-state index >= 15 is 0 Å². The van der Waals surface area contributed by atoms with Crippen LogP contribution in [0.25, 0.3) is 83.3 Å². The number of imidazole rings is 1. The Kier molecular flexibility index (Phi) is 13.2. The Balaban J connectivity index is 0.000000243. The van der Waals surface area contributed by atoms with E-state index in [1.54, 1.807) is 0 Å². The normalized spacial score (nSPS) is 11.8. The van der Waals surface area contributed by atoms with Crippen molar-refractivity contribution in [1.82, 2.24) is 19.5 Å². The third kappa shape index (κ3) is 9.01. The van der Waals surface area contributed by atoms with Crippen LogP contribution >= 0.6 is 0 Å². The molecule has 4 heterocycles. The summed E-state index contributed by atoms with van der Waals surface area (Å²) in [7, 11) is 0. The molecular formula is C58H56GeIrN4O-2. The maximum Gasteiger partial charge on any atom is 0.216 e. The number of benzene rings is 6. The fourth-order valence-electron chi connectivity index (χ4n) is 8.93. The van der Waals surface area contributed by atoms with Crippen LogP contribution in [-0.2, 0) is 20.1 Å². The molecule has 329 valence electrons. The zero-order valence-electron chi connectivity index (χ0n) is 39.0. The summed E-state index contributed by atoms with van der Waals surface area (Å²) in [6.07, 6.45) is 2.12. The van der Waals surface area contributed by atoms with E-state index in [1.807, 2.05) is 37.3 Å². The van der Waals surface area contributed by atoms with Crippen molar-refractivity contribution in [2.75, 3.05) is 0 Å². The maximum absolute atomic E-state index is 6.48. The van der Waals surface area contributed by atoms with E-state index in [4.69, 9.17) is 14.4 Å². The molecule has 0 bridgehead atoms. The van der Waals surface area contributed by atoms with Crippen molar-refractivity contribution in [3.8, 4) is 39.5 Å². The topological polar surface area (TPSA) is 56.7 Å². The number of rotatable bonds is 8. The molecule has 0 spiro atoms. The van der Waals surface area contributed by atoms with Crippen molar-refractivity contribution < 1.29 is 24.5 Å². The molecule has 6 aromatic carbocycles. The van der Waals surface area contributed by atoms with Crippen molar-refractivity contribution in [2.45, 2.75) is 83.5 Å². The summed E-state index contributed by atoms with van der Waals surface area (Å²) >= 11 is -1.85. The molecule has 7 heteroatoms. The van der Waals surface area contributed by atoms with Gasteiger partial charge in [0.2, 0.25) is 5.71 Å². The van der Waals surface area contributed by atoms with Gasteiger partial charge in [0.1, 0.15) is 0 Å². The van der Waals surface area contributed by atoms with Gasteiger partial charge in [-0.15, -0.1) is 18.2 Å². The van der Waals surface area contributed by atoms with Gasteiger partial charge in [-0.1, -0.05) is 87.2 Å². The van der Waals surface area contributed by atoms with Gasteiger partial charge in [-0.05, 0) is 94.3 Å². The zero-order chi connectivity index (χ0) is 44.9. The molecule has 0 aliphatic rings. The molecule has 0 aliphatic heterocycles. The Labute approximate surface area is 400 Å². The first-order chi connectivity index (χ1) is 30.8. The second-order valence-electron chi connectivity index (χ2n) is 19.0. The first-order valence-corrected chi connectivity index (χ1v) is 29.9. The minimum absolute atomic E-state index is 0. The Morgan fingerprint density at radius 2 is 1.31 bits per heavy atom. The van der Waals surface area contributed by atoms with Gasteiger partial charge in [0.15, 0.2) is 0 Å². The third-order valence-corrected chi connectivity index (χ3v) is 16.6. The van der Waals surface area contributed by atoms with E-state index in [1.165, 1.54) is 48.7 Å². The van der Waals surface area contributed by atoms with Crippen LogP contribution in [0.4, 0.5) is 0 Å². The minimum Gasteiger partial charge on any atom is -0.486 e. The Hall–Kier alpha value is -5.66. The van der Waals surface area contributed by atoms with E-state index in [9.17, 15) is 0 Å². The second kappa shape index (κ2) is 18.7. The van der Waals surface area contributed by atoms with Crippen LogP contribution in [-0.4, -0.2) is 32.8 Å². The first kappa shape index (κ1) is 45.9. The summed E-state index contributed by atoms with van der Waals surface area (Å²) in [5.41, 5.74) is 14.9. The van der Waals surface area contributed by atoms with E-state index in [2.05, 4.69) is 190 Å². The molecule has 0 amide bonds. The molecule has 1 radical (unpaired) electrons. The van der Waals surface area contributed by atoms with Gasteiger partial charge in [-0.25, -0.2) is 4.98 Å². The number of fused-ring (bicyclic) bond motifs is 5. The van der Waals surface area contributed by atoms with Gasteiger partial charge in [0, 0.05) is 36.9 Å². The monoisotopic (exact) mass is 1090 g/mol. The number of aromatic nitrogens is 4. The molecule has 10 rings (SSSR count). The minimum atomic E-state index is -1.85. The van der Waals surface area contributed by atoms with Crippen molar-refractivity contribution in [3.63, 3.8) is 0 Å². The fourth-order valence-corrected chi connectivity index (χ4v) is 12.5. The molecule has 5 nitrogen and oxygen atoms in total. The fraction of sp³-hybridized carbons (Fsp3) is 0.224. The quantitative estimate of drug-likeness (QED) is 0.112.